The number of esters is 3. The Morgan fingerprint density at radius 3 is 2.00 bits per heavy atom. The molecule has 6 atom stereocenters. The maximum Gasteiger partial charge on any atom is 0.480 e. The minimum atomic E-state index is -4.87. The number of phosphoric ester groups is 1. The molecule has 18 nitrogen and oxygen atoms in total. The molecule has 2 heterocycles. The number of alkyl halides is 1. The average Bonchev–Trinajstić information content (AvgIpc) is 3.39. The van der Waals surface area contributed by atoms with Gasteiger partial charge in [-0.3, -0.25) is 28.3 Å². The Morgan fingerprint density at radius 2 is 1.51 bits per heavy atom. The van der Waals surface area contributed by atoms with Gasteiger partial charge in [-0.05, 0) is 12.8 Å². The first-order chi connectivity index (χ1) is 21.7. The number of carbonyl (C=O) groups excluding carboxylic acids is 3. The number of rotatable bonds is 16. The van der Waals surface area contributed by atoms with E-state index in [0.717, 1.165) is 19.2 Å². The minimum absolute atomic E-state index is 0.315. The van der Waals surface area contributed by atoms with Crippen LogP contribution in [0, 0.1) is 17.8 Å². The molecular weight excluding hydrogens is 656 g/mol. The highest BCUT2D eigenvalue weighted by atomic mass is 31.2. The highest BCUT2D eigenvalue weighted by molar-refractivity contribution is 7.48. The van der Waals surface area contributed by atoms with Gasteiger partial charge < -0.3 is 34.9 Å². The third-order valence-corrected chi connectivity index (χ3v) is 9.08. The third-order valence-electron chi connectivity index (χ3n) is 7.79. The molecule has 2 aliphatic rings. The van der Waals surface area contributed by atoms with Crippen LogP contribution in [0.2, 0.25) is 0 Å². The summed E-state index contributed by atoms with van der Waals surface area (Å²) < 4.78 is 65.4. The molecule has 1 aliphatic carbocycles. The number of nitrogens with zero attached hydrogens (tertiary/aromatic N) is 2. The maximum absolute atomic E-state index is 15.4. The summed E-state index contributed by atoms with van der Waals surface area (Å²) in [6.07, 6.45) is -3.36. The summed E-state index contributed by atoms with van der Waals surface area (Å²) in [5.74, 6) is -3.89. The molecular formula is C27H41FN3O15P. The highest BCUT2D eigenvalue weighted by Crippen LogP contribution is 2.69. The Morgan fingerprint density at radius 1 is 0.979 bits per heavy atom. The van der Waals surface area contributed by atoms with Crippen LogP contribution in [0.25, 0.3) is 0 Å². The van der Waals surface area contributed by atoms with E-state index in [0.29, 0.717) is 9.13 Å². The predicted molar refractivity (Wildman–Crippen MR) is 155 cm³/mol. The fourth-order valence-corrected chi connectivity index (χ4v) is 5.51. The monoisotopic (exact) mass is 697 g/mol. The Bertz CT molecular complexity index is 1480. The van der Waals surface area contributed by atoms with Crippen molar-refractivity contribution in [1.29, 1.82) is 0 Å². The van der Waals surface area contributed by atoms with Gasteiger partial charge in [-0.1, -0.05) is 41.5 Å². The number of ether oxygens (including phenoxy) is 4. The molecule has 0 amide bonds. The molecule has 1 saturated heterocycles. The zero-order valence-electron chi connectivity index (χ0n) is 26.9. The molecule has 3 rings (SSSR count). The fraction of sp³-hybridized carbons (Fsp3) is 0.741. The van der Waals surface area contributed by atoms with E-state index in [1.54, 1.807) is 13.8 Å². The second-order valence-corrected chi connectivity index (χ2v) is 13.9. The SMILES string of the molecule is CC(C)C(=O)OCOP(=O)(OCOC(=O)C(C)C)OCC12OC(n3ccc(=O)n(COC(=O)C(N)C(C)C)c3=O)C(C)(O)C1(O)C2F. The van der Waals surface area contributed by atoms with E-state index in [9.17, 15) is 38.8 Å². The molecule has 1 aliphatic heterocycles. The van der Waals surface area contributed by atoms with Crippen molar-refractivity contribution < 1.29 is 66.1 Å². The molecule has 1 aromatic heterocycles. The maximum atomic E-state index is 15.4. The van der Waals surface area contributed by atoms with Crippen molar-refractivity contribution in [3.63, 3.8) is 0 Å². The van der Waals surface area contributed by atoms with E-state index in [4.69, 9.17) is 38.3 Å². The lowest BCUT2D eigenvalue weighted by molar-refractivity contribution is -0.163. The van der Waals surface area contributed by atoms with Crippen LogP contribution in [-0.4, -0.2) is 86.5 Å². The molecule has 4 N–H and O–H groups in total. The van der Waals surface area contributed by atoms with Crippen molar-refractivity contribution >= 4 is 25.7 Å². The van der Waals surface area contributed by atoms with Crippen molar-refractivity contribution in [3.8, 4) is 0 Å². The van der Waals surface area contributed by atoms with Gasteiger partial charge in [0.15, 0.2) is 30.3 Å². The van der Waals surface area contributed by atoms with Crippen molar-refractivity contribution in [3.05, 3.63) is 33.1 Å². The van der Waals surface area contributed by atoms with Gasteiger partial charge in [-0.2, -0.15) is 0 Å². The average molecular weight is 698 g/mol. The van der Waals surface area contributed by atoms with Gasteiger partial charge in [-0.15, -0.1) is 0 Å². The summed E-state index contributed by atoms with van der Waals surface area (Å²) in [7, 11) is -4.87. The lowest BCUT2D eigenvalue weighted by atomic mass is 9.94. The highest BCUT2D eigenvalue weighted by Gasteiger charge is 2.93. The zero-order valence-corrected chi connectivity index (χ0v) is 27.8. The van der Waals surface area contributed by atoms with E-state index in [1.165, 1.54) is 27.7 Å². The minimum Gasteiger partial charge on any atom is -0.442 e. The Hall–Kier alpha value is -3.03. The Balaban J connectivity index is 1.85. The summed E-state index contributed by atoms with van der Waals surface area (Å²) in [6.45, 7) is 6.39. The number of halogens is 1. The van der Waals surface area contributed by atoms with Gasteiger partial charge in [-0.25, -0.2) is 27.4 Å². The van der Waals surface area contributed by atoms with E-state index in [-0.39, 0.29) is 5.92 Å². The van der Waals surface area contributed by atoms with Gasteiger partial charge in [0, 0.05) is 12.3 Å². The van der Waals surface area contributed by atoms with Crippen LogP contribution in [0.15, 0.2) is 21.9 Å². The summed E-state index contributed by atoms with van der Waals surface area (Å²) in [6, 6.07) is -0.180. The lowest BCUT2D eigenvalue weighted by Gasteiger charge is -2.32. The van der Waals surface area contributed by atoms with Crippen molar-refractivity contribution in [1.82, 2.24) is 9.13 Å². The summed E-state index contributed by atoms with van der Waals surface area (Å²) >= 11 is 0. The van der Waals surface area contributed by atoms with Gasteiger partial charge in [0.05, 0.1) is 18.4 Å². The van der Waals surface area contributed by atoms with E-state index in [1.807, 2.05) is 0 Å². The number of aliphatic hydroxyl groups is 2. The first-order valence-corrected chi connectivity index (χ1v) is 16.0. The van der Waals surface area contributed by atoms with Gasteiger partial charge in [0.1, 0.15) is 11.6 Å². The van der Waals surface area contributed by atoms with Crippen molar-refractivity contribution in [2.24, 2.45) is 23.5 Å². The van der Waals surface area contributed by atoms with Crippen LogP contribution in [0.3, 0.4) is 0 Å². The molecule has 1 saturated carbocycles. The van der Waals surface area contributed by atoms with Gasteiger partial charge in [0.25, 0.3) is 5.56 Å². The summed E-state index contributed by atoms with van der Waals surface area (Å²) in [4.78, 5) is 61.6. The molecule has 1 aromatic rings. The Labute approximate surface area is 268 Å². The van der Waals surface area contributed by atoms with Crippen LogP contribution in [0.1, 0.15) is 54.7 Å². The van der Waals surface area contributed by atoms with Crippen LogP contribution in [0.5, 0.6) is 0 Å². The smallest absolute Gasteiger partial charge is 0.442 e. The van der Waals surface area contributed by atoms with E-state index >= 15 is 4.39 Å². The Kier molecular flexibility index (Phi) is 11.6. The normalized spacial score (nSPS) is 27.5. The summed E-state index contributed by atoms with van der Waals surface area (Å²) in [5.41, 5.74) is -4.21. The number of hydrogen-bond donors (Lipinski definition) is 3. The molecule has 0 aromatic carbocycles. The number of hydrogen-bond acceptors (Lipinski definition) is 16. The molecule has 0 bridgehead atoms. The van der Waals surface area contributed by atoms with Crippen molar-refractivity contribution in [2.75, 3.05) is 20.2 Å². The quantitative estimate of drug-likeness (QED) is 0.0895. The fourth-order valence-electron chi connectivity index (χ4n) is 4.57. The van der Waals surface area contributed by atoms with Gasteiger partial charge in [0.2, 0.25) is 13.6 Å². The van der Waals surface area contributed by atoms with E-state index in [2.05, 4.69) is 0 Å². The zero-order chi connectivity index (χ0) is 35.7. The van der Waals surface area contributed by atoms with E-state index < -0.39 is 111 Å². The van der Waals surface area contributed by atoms with Crippen LogP contribution < -0.4 is 17.0 Å². The second kappa shape index (κ2) is 14.2. The van der Waals surface area contributed by atoms with Crippen LogP contribution in [0.4, 0.5) is 4.39 Å². The predicted octanol–water partition coefficient (Wildman–Crippen LogP) is 0.0667. The molecule has 0 radical (unpaired) electrons. The van der Waals surface area contributed by atoms with Crippen LogP contribution >= 0.6 is 7.82 Å². The largest absolute Gasteiger partial charge is 0.480 e. The number of phosphoric acid groups is 1. The second-order valence-electron chi connectivity index (χ2n) is 12.2. The molecule has 266 valence electrons. The number of nitrogens with two attached hydrogens (primary N) is 1. The van der Waals surface area contributed by atoms with Crippen LogP contribution in [-0.2, 0) is 58.2 Å². The molecule has 6 unspecified atom stereocenters. The molecule has 0 spiro atoms. The van der Waals surface area contributed by atoms with Crippen molar-refractivity contribution in [2.45, 2.75) is 90.4 Å². The number of fused-ring (bicyclic) bond motifs is 1. The molecule has 2 fully saturated rings. The standard InChI is InChI=1S/C27H41FN3O15P/c1-14(2)18(29)21(35)40-11-31-17(32)8-9-30(24(31)36)23-25(7,37)27(38)22(28)26(27,46-23)10-43-47(39,44-12-41-19(33)15(3)4)45-13-42-20(34)16(5)6/h8-9,14-16,18,22-23,37-38H,10-13,29H2,1-7H3. The number of aromatic nitrogens is 2. The lowest BCUT2D eigenvalue weighted by Crippen LogP contribution is -2.52. The summed E-state index contributed by atoms with van der Waals surface area (Å²) in [5, 5.41) is 22.6. The number of carbonyl (C=O) groups is 3. The molecule has 20 heteroatoms. The first kappa shape index (κ1) is 38.4. The third kappa shape index (κ3) is 7.36. The topological polar surface area (TPSA) is 243 Å². The molecule has 47 heavy (non-hydrogen) atoms. The first-order valence-electron chi connectivity index (χ1n) is 14.5. The van der Waals surface area contributed by atoms with Gasteiger partial charge >= 0.3 is 31.4 Å².